The number of carbonyl (C=O) groups excluding carboxylic acids is 1. The van der Waals surface area contributed by atoms with E-state index in [1.54, 1.807) is 24.3 Å². The maximum Gasteiger partial charge on any atom is 0.237 e. The second-order valence-electron chi connectivity index (χ2n) is 5.35. The molecule has 0 aromatic heterocycles. The molecule has 0 aliphatic heterocycles. The van der Waals surface area contributed by atoms with E-state index in [4.69, 9.17) is 10.8 Å². The van der Waals surface area contributed by atoms with Gasteiger partial charge in [-0.15, -0.1) is 0 Å². The van der Waals surface area contributed by atoms with Crippen molar-refractivity contribution in [1.82, 2.24) is 5.32 Å². The Kier molecular flexibility index (Phi) is 4.07. The molecule has 0 radical (unpaired) electrons. The quantitative estimate of drug-likeness (QED) is 0.588. The Hall–Kier alpha value is -1.59. The SMILES string of the molecule is N[C@@H](Cc1ccc(O)cc1)C(=O)NCC1(CO)CC1. The largest absolute Gasteiger partial charge is 0.508 e. The van der Waals surface area contributed by atoms with Crippen LogP contribution in [0.25, 0.3) is 0 Å². The van der Waals surface area contributed by atoms with E-state index in [2.05, 4.69) is 5.32 Å². The summed E-state index contributed by atoms with van der Waals surface area (Å²) in [6.07, 6.45) is 2.34. The molecule has 5 heteroatoms. The average molecular weight is 264 g/mol. The number of carbonyl (C=O) groups is 1. The summed E-state index contributed by atoms with van der Waals surface area (Å²) in [6.45, 7) is 0.603. The molecule has 1 aliphatic carbocycles. The van der Waals surface area contributed by atoms with E-state index in [0.717, 1.165) is 18.4 Å². The standard InChI is InChI=1S/C14H20N2O3/c15-12(7-10-1-3-11(18)4-2-10)13(19)16-8-14(9-17)5-6-14/h1-4,12,17-18H,5-9,15H2,(H,16,19)/t12-/m0/s1. The molecular formula is C14H20N2O3. The molecule has 1 amide bonds. The molecule has 1 atom stereocenters. The molecule has 0 bridgehead atoms. The van der Waals surface area contributed by atoms with Gasteiger partial charge in [-0.05, 0) is 37.0 Å². The fourth-order valence-electron chi connectivity index (χ4n) is 1.95. The number of hydrogen-bond acceptors (Lipinski definition) is 4. The number of benzene rings is 1. The van der Waals surface area contributed by atoms with Crippen LogP contribution >= 0.6 is 0 Å². The van der Waals surface area contributed by atoms with Crippen LogP contribution in [0.1, 0.15) is 18.4 Å². The monoisotopic (exact) mass is 264 g/mol. The third-order valence-electron chi connectivity index (χ3n) is 3.66. The zero-order valence-electron chi connectivity index (χ0n) is 10.8. The highest BCUT2D eigenvalue weighted by Gasteiger charge is 2.42. The lowest BCUT2D eigenvalue weighted by atomic mass is 10.0. The van der Waals surface area contributed by atoms with Gasteiger partial charge >= 0.3 is 0 Å². The second-order valence-corrected chi connectivity index (χ2v) is 5.35. The third kappa shape index (κ3) is 3.68. The third-order valence-corrected chi connectivity index (χ3v) is 3.66. The van der Waals surface area contributed by atoms with Crippen LogP contribution in [0.3, 0.4) is 0 Å². The first kappa shape index (κ1) is 13.8. The van der Waals surface area contributed by atoms with Gasteiger partial charge in [-0.25, -0.2) is 0 Å². The molecular weight excluding hydrogens is 244 g/mol. The first-order chi connectivity index (χ1) is 9.04. The summed E-state index contributed by atoms with van der Waals surface area (Å²) in [5, 5.41) is 21.1. The zero-order chi connectivity index (χ0) is 13.9. The number of nitrogens with one attached hydrogen (secondary N) is 1. The second kappa shape index (κ2) is 5.59. The predicted octanol–water partition coefficient (Wildman–Crippen LogP) is 0.151. The Morgan fingerprint density at radius 3 is 2.53 bits per heavy atom. The number of nitrogens with two attached hydrogens (primary N) is 1. The molecule has 1 saturated carbocycles. The van der Waals surface area contributed by atoms with Gasteiger partial charge in [0.05, 0.1) is 12.6 Å². The summed E-state index contributed by atoms with van der Waals surface area (Å²) < 4.78 is 0. The summed E-state index contributed by atoms with van der Waals surface area (Å²) in [7, 11) is 0. The predicted molar refractivity (Wildman–Crippen MR) is 71.5 cm³/mol. The van der Waals surface area contributed by atoms with Crippen molar-refractivity contribution in [2.75, 3.05) is 13.2 Å². The molecule has 0 saturated heterocycles. The van der Waals surface area contributed by atoms with Gasteiger partial charge in [0, 0.05) is 12.0 Å². The van der Waals surface area contributed by atoms with Crippen molar-refractivity contribution in [1.29, 1.82) is 0 Å². The minimum atomic E-state index is -0.612. The first-order valence-electron chi connectivity index (χ1n) is 6.47. The number of rotatable bonds is 6. The summed E-state index contributed by atoms with van der Waals surface area (Å²) in [5.41, 5.74) is 6.64. The molecule has 104 valence electrons. The Bertz CT molecular complexity index is 441. The Morgan fingerprint density at radius 1 is 1.37 bits per heavy atom. The molecule has 1 aromatic carbocycles. The molecule has 0 unspecified atom stereocenters. The normalized spacial score (nSPS) is 17.8. The van der Waals surface area contributed by atoms with E-state index in [9.17, 15) is 9.90 Å². The van der Waals surface area contributed by atoms with Crippen molar-refractivity contribution in [3.8, 4) is 5.75 Å². The fourth-order valence-corrected chi connectivity index (χ4v) is 1.95. The topological polar surface area (TPSA) is 95.6 Å². The summed E-state index contributed by atoms with van der Waals surface area (Å²) in [6, 6.07) is 6.03. The van der Waals surface area contributed by atoms with Crippen molar-refractivity contribution >= 4 is 5.91 Å². The van der Waals surface area contributed by atoms with E-state index >= 15 is 0 Å². The smallest absolute Gasteiger partial charge is 0.237 e. The van der Waals surface area contributed by atoms with Gasteiger partial charge in [0.25, 0.3) is 0 Å². The number of aliphatic hydroxyl groups excluding tert-OH is 1. The number of amides is 1. The molecule has 1 aliphatic rings. The van der Waals surface area contributed by atoms with E-state index in [-0.39, 0.29) is 23.7 Å². The molecule has 5 N–H and O–H groups in total. The number of aliphatic hydroxyl groups is 1. The van der Waals surface area contributed by atoms with Gasteiger partial charge < -0.3 is 21.3 Å². The van der Waals surface area contributed by atoms with Gasteiger partial charge in [0.15, 0.2) is 0 Å². The zero-order valence-corrected chi connectivity index (χ0v) is 10.8. The number of aromatic hydroxyl groups is 1. The molecule has 2 rings (SSSR count). The molecule has 0 heterocycles. The van der Waals surface area contributed by atoms with Crippen LogP contribution in [0.15, 0.2) is 24.3 Å². The average Bonchev–Trinajstić information content (AvgIpc) is 3.19. The molecule has 1 fully saturated rings. The highest BCUT2D eigenvalue weighted by atomic mass is 16.3. The highest BCUT2D eigenvalue weighted by molar-refractivity contribution is 5.81. The van der Waals surface area contributed by atoms with Crippen LogP contribution in [0.4, 0.5) is 0 Å². The summed E-state index contributed by atoms with van der Waals surface area (Å²) in [5.74, 6) is -0.00630. The molecule has 0 spiro atoms. The van der Waals surface area contributed by atoms with Gasteiger partial charge in [0.2, 0.25) is 5.91 Å². The van der Waals surface area contributed by atoms with Crippen LogP contribution in [0.5, 0.6) is 5.75 Å². The van der Waals surface area contributed by atoms with Gasteiger partial charge in [-0.3, -0.25) is 4.79 Å². The lowest BCUT2D eigenvalue weighted by molar-refractivity contribution is -0.122. The molecule has 5 nitrogen and oxygen atoms in total. The molecule has 1 aromatic rings. The van der Waals surface area contributed by atoms with Crippen LogP contribution < -0.4 is 11.1 Å². The number of phenols is 1. The van der Waals surface area contributed by atoms with E-state index in [1.807, 2.05) is 0 Å². The fraction of sp³-hybridized carbons (Fsp3) is 0.500. The molecule has 19 heavy (non-hydrogen) atoms. The van der Waals surface area contributed by atoms with E-state index < -0.39 is 6.04 Å². The van der Waals surface area contributed by atoms with Gasteiger partial charge in [0.1, 0.15) is 5.75 Å². The lowest BCUT2D eigenvalue weighted by Crippen LogP contribution is -2.44. The Labute approximate surface area is 112 Å². The lowest BCUT2D eigenvalue weighted by Gasteiger charge is -2.16. The van der Waals surface area contributed by atoms with Crippen molar-refractivity contribution in [2.45, 2.75) is 25.3 Å². The Balaban J connectivity index is 1.80. The number of hydrogen-bond donors (Lipinski definition) is 4. The maximum atomic E-state index is 11.8. The van der Waals surface area contributed by atoms with Gasteiger partial charge in [-0.1, -0.05) is 12.1 Å². The van der Waals surface area contributed by atoms with Crippen LogP contribution in [-0.4, -0.2) is 35.3 Å². The van der Waals surface area contributed by atoms with Crippen molar-refractivity contribution in [3.05, 3.63) is 29.8 Å². The van der Waals surface area contributed by atoms with Crippen LogP contribution in [0, 0.1) is 5.41 Å². The summed E-state index contributed by atoms with van der Waals surface area (Å²) >= 11 is 0. The number of phenolic OH excluding ortho intramolecular Hbond substituents is 1. The van der Waals surface area contributed by atoms with Crippen LogP contribution in [0.2, 0.25) is 0 Å². The maximum absolute atomic E-state index is 11.8. The van der Waals surface area contributed by atoms with Crippen LogP contribution in [-0.2, 0) is 11.2 Å². The van der Waals surface area contributed by atoms with Crippen molar-refractivity contribution < 1.29 is 15.0 Å². The summed E-state index contributed by atoms with van der Waals surface area (Å²) in [4.78, 5) is 11.8. The van der Waals surface area contributed by atoms with Crippen molar-refractivity contribution in [3.63, 3.8) is 0 Å². The first-order valence-corrected chi connectivity index (χ1v) is 6.47. The van der Waals surface area contributed by atoms with E-state index in [0.29, 0.717) is 13.0 Å². The van der Waals surface area contributed by atoms with Gasteiger partial charge in [-0.2, -0.15) is 0 Å². The minimum Gasteiger partial charge on any atom is -0.508 e. The minimum absolute atomic E-state index is 0.103. The van der Waals surface area contributed by atoms with E-state index in [1.165, 1.54) is 0 Å². The Morgan fingerprint density at radius 2 is 2.00 bits per heavy atom. The van der Waals surface area contributed by atoms with Crippen molar-refractivity contribution in [2.24, 2.45) is 11.1 Å². The highest BCUT2D eigenvalue weighted by Crippen LogP contribution is 2.44.